The van der Waals surface area contributed by atoms with Crippen LogP contribution in [0.15, 0.2) is 35.8 Å². The van der Waals surface area contributed by atoms with E-state index in [1.807, 2.05) is 37.7 Å². The predicted molar refractivity (Wildman–Crippen MR) is 75.2 cm³/mol. The van der Waals surface area contributed by atoms with E-state index in [4.69, 9.17) is 4.74 Å². The molecule has 1 aromatic heterocycles. The Labute approximate surface area is 112 Å². The molecule has 0 saturated carbocycles. The van der Waals surface area contributed by atoms with Crippen LogP contribution < -0.4 is 10.1 Å². The van der Waals surface area contributed by atoms with Crippen molar-refractivity contribution in [2.45, 2.75) is 19.4 Å². The van der Waals surface area contributed by atoms with Crippen LogP contribution in [0.25, 0.3) is 0 Å². The lowest BCUT2D eigenvalue weighted by Gasteiger charge is -2.16. The summed E-state index contributed by atoms with van der Waals surface area (Å²) in [7, 11) is 1.98. The maximum atomic E-state index is 5.54. The first-order chi connectivity index (χ1) is 8.83. The molecule has 1 unspecified atom stereocenters. The number of rotatable bonds is 6. The molecule has 2 aromatic rings. The Bertz CT molecular complexity index is 470. The largest absolute Gasteiger partial charge is 0.494 e. The number of benzene rings is 1. The molecule has 3 nitrogen and oxygen atoms in total. The van der Waals surface area contributed by atoms with E-state index in [2.05, 4.69) is 22.4 Å². The van der Waals surface area contributed by atoms with Crippen LogP contribution in [0, 0.1) is 0 Å². The summed E-state index contributed by atoms with van der Waals surface area (Å²) in [5.41, 5.74) is 1.23. The summed E-state index contributed by atoms with van der Waals surface area (Å²) in [5.74, 6) is 0.925. The fourth-order valence-corrected chi connectivity index (χ4v) is 2.57. The molecule has 0 amide bonds. The fraction of sp³-hybridized carbons (Fsp3) is 0.357. The fourth-order valence-electron chi connectivity index (χ4n) is 1.90. The average molecular weight is 262 g/mol. The number of hydrogen-bond acceptors (Lipinski definition) is 4. The monoisotopic (exact) mass is 262 g/mol. The molecule has 0 spiro atoms. The molecule has 1 heterocycles. The van der Waals surface area contributed by atoms with Gasteiger partial charge in [0.15, 0.2) is 0 Å². The first-order valence-corrected chi connectivity index (χ1v) is 7.00. The quantitative estimate of drug-likeness (QED) is 0.869. The Kier molecular flexibility index (Phi) is 4.73. The van der Waals surface area contributed by atoms with Crippen LogP contribution in [0.5, 0.6) is 5.75 Å². The molecule has 0 bridgehead atoms. The Morgan fingerprint density at radius 1 is 1.44 bits per heavy atom. The van der Waals surface area contributed by atoms with Crippen LogP contribution in [0.4, 0.5) is 0 Å². The first-order valence-electron chi connectivity index (χ1n) is 6.12. The number of likely N-dealkylation sites (N-methyl/N-ethyl adjacent to an activating group) is 1. The van der Waals surface area contributed by atoms with Crippen molar-refractivity contribution in [2.24, 2.45) is 0 Å². The van der Waals surface area contributed by atoms with Crippen molar-refractivity contribution in [3.05, 3.63) is 46.4 Å². The molecule has 1 aromatic carbocycles. The highest BCUT2D eigenvalue weighted by Gasteiger charge is 2.12. The molecule has 2 rings (SSSR count). The summed E-state index contributed by atoms with van der Waals surface area (Å²) >= 11 is 1.69. The summed E-state index contributed by atoms with van der Waals surface area (Å²) in [6.07, 6.45) is 2.76. The van der Waals surface area contributed by atoms with Crippen LogP contribution in [-0.4, -0.2) is 18.6 Å². The lowest BCUT2D eigenvalue weighted by Crippen LogP contribution is -2.18. The number of hydrogen-bond donors (Lipinski definition) is 1. The van der Waals surface area contributed by atoms with E-state index in [1.54, 1.807) is 11.3 Å². The van der Waals surface area contributed by atoms with E-state index >= 15 is 0 Å². The highest BCUT2D eigenvalue weighted by molar-refractivity contribution is 7.09. The second-order valence-electron chi connectivity index (χ2n) is 3.98. The van der Waals surface area contributed by atoms with E-state index < -0.39 is 0 Å². The maximum absolute atomic E-state index is 5.54. The third kappa shape index (κ3) is 3.31. The number of nitrogens with one attached hydrogen (secondary N) is 1. The standard InChI is InChI=1S/C14H18N2OS/c1-3-17-12-6-4-5-11(9-12)13(15-2)10-14-16-7-8-18-14/h4-9,13,15H,3,10H2,1-2H3. The van der Waals surface area contributed by atoms with Crippen molar-refractivity contribution < 1.29 is 4.74 Å². The van der Waals surface area contributed by atoms with Crippen molar-refractivity contribution >= 4 is 11.3 Å². The van der Waals surface area contributed by atoms with Crippen molar-refractivity contribution in [2.75, 3.05) is 13.7 Å². The van der Waals surface area contributed by atoms with Crippen molar-refractivity contribution in [1.82, 2.24) is 10.3 Å². The van der Waals surface area contributed by atoms with Crippen LogP contribution in [-0.2, 0) is 6.42 Å². The molecular formula is C14H18N2OS. The minimum atomic E-state index is 0.275. The second-order valence-corrected chi connectivity index (χ2v) is 4.96. The normalized spacial score (nSPS) is 12.3. The van der Waals surface area contributed by atoms with Crippen molar-refractivity contribution in [3.63, 3.8) is 0 Å². The predicted octanol–water partition coefficient (Wildman–Crippen LogP) is 3.05. The van der Waals surface area contributed by atoms with Gasteiger partial charge in [-0.15, -0.1) is 11.3 Å². The smallest absolute Gasteiger partial charge is 0.119 e. The molecule has 0 fully saturated rings. The Balaban J connectivity index is 2.13. The summed E-state index contributed by atoms with van der Waals surface area (Å²) in [4.78, 5) is 4.34. The lowest BCUT2D eigenvalue weighted by molar-refractivity contribution is 0.339. The van der Waals surface area contributed by atoms with Crippen LogP contribution in [0.2, 0.25) is 0 Å². The van der Waals surface area contributed by atoms with Crippen LogP contribution in [0.3, 0.4) is 0 Å². The van der Waals surface area contributed by atoms with Gasteiger partial charge < -0.3 is 10.1 Å². The summed E-state index contributed by atoms with van der Waals surface area (Å²) in [6.45, 7) is 2.69. The Morgan fingerprint density at radius 2 is 2.33 bits per heavy atom. The van der Waals surface area contributed by atoms with Gasteiger partial charge in [-0.05, 0) is 31.7 Å². The van der Waals surface area contributed by atoms with Gasteiger partial charge in [0.05, 0.1) is 11.6 Å². The van der Waals surface area contributed by atoms with Crippen molar-refractivity contribution in [1.29, 1.82) is 0 Å². The highest BCUT2D eigenvalue weighted by atomic mass is 32.1. The Morgan fingerprint density at radius 3 is 3.00 bits per heavy atom. The first kappa shape index (κ1) is 13.1. The molecule has 0 aliphatic heterocycles. The zero-order valence-electron chi connectivity index (χ0n) is 10.7. The molecule has 0 saturated heterocycles. The third-order valence-electron chi connectivity index (χ3n) is 2.78. The lowest BCUT2D eigenvalue weighted by atomic mass is 10.0. The van der Waals surface area contributed by atoms with Crippen LogP contribution in [0.1, 0.15) is 23.5 Å². The molecule has 0 radical (unpaired) electrons. The second kappa shape index (κ2) is 6.52. The van der Waals surface area contributed by atoms with E-state index in [0.29, 0.717) is 6.61 Å². The van der Waals surface area contributed by atoms with Gasteiger partial charge in [-0.25, -0.2) is 4.98 Å². The number of ether oxygens (including phenoxy) is 1. The van der Waals surface area contributed by atoms with Gasteiger partial charge in [-0.2, -0.15) is 0 Å². The molecule has 1 atom stereocenters. The maximum Gasteiger partial charge on any atom is 0.119 e. The highest BCUT2D eigenvalue weighted by Crippen LogP contribution is 2.23. The molecule has 0 aliphatic rings. The SMILES string of the molecule is CCOc1cccc(C(Cc2nccs2)NC)c1. The summed E-state index contributed by atoms with van der Waals surface area (Å²) in [5, 5.41) is 6.50. The average Bonchev–Trinajstić information content (AvgIpc) is 2.89. The van der Waals surface area contributed by atoms with Gasteiger partial charge in [0.1, 0.15) is 5.75 Å². The third-order valence-corrected chi connectivity index (χ3v) is 3.58. The Hall–Kier alpha value is -1.39. The van der Waals surface area contributed by atoms with E-state index in [-0.39, 0.29) is 6.04 Å². The topological polar surface area (TPSA) is 34.1 Å². The molecule has 1 N–H and O–H groups in total. The van der Waals surface area contributed by atoms with Crippen molar-refractivity contribution in [3.8, 4) is 5.75 Å². The van der Waals surface area contributed by atoms with E-state index in [9.17, 15) is 0 Å². The van der Waals surface area contributed by atoms with Gasteiger partial charge in [0.2, 0.25) is 0 Å². The minimum absolute atomic E-state index is 0.275. The molecule has 4 heteroatoms. The number of thiazole rings is 1. The van der Waals surface area contributed by atoms with Gasteiger partial charge in [0, 0.05) is 24.0 Å². The van der Waals surface area contributed by atoms with Gasteiger partial charge in [0.25, 0.3) is 0 Å². The van der Waals surface area contributed by atoms with Gasteiger partial charge >= 0.3 is 0 Å². The number of nitrogens with zero attached hydrogens (tertiary/aromatic N) is 1. The number of aromatic nitrogens is 1. The summed E-state index contributed by atoms with van der Waals surface area (Å²) in [6, 6.07) is 8.52. The molecule has 18 heavy (non-hydrogen) atoms. The molecule has 96 valence electrons. The zero-order chi connectivity index (χ0) is 12.8. The van der Waals surface area contributed by atoms with Crippen LogP contribution >= 0.6 is 11.3 Å². The van der Waals surface area contributed by atoms with Gasteiger partial charge in [-0.1, -0.05) is 12.1 Å². The molecule has 0 aliphatic carbocycles. The van der Waals surface area contributed by atoms with Gasteiger partial charge in [-0.3, -0.25) is 0 Å². The summed E-state index contributed by atoms with van der Waals surface area (Å²) < 4.78 is 5.54. The van der Waals surface area contributed by atoms with E-state index in [0.717, 1.165) is 17.2 Å². The minimum Gasteiger partial charge on any atom is -0.494 e. The molecular weight excluding hydrogens is 244 g/mol. The van der Waals surface area contributed by atoms with E-state index in [1.165, 1.54) is 5.56 Å². The zero-order valence-corrected chi connectivity index (χ0v) is 11.5.